The molecule has 38 heavy (non-hydrogen) atoms. The van der Waals surface area contributed by atoms with Gasteiger partial charge in [0.1, 0.15) is 13.2 Å². The number of aromatic nitrogens is 3. The molecule has 6 bridgehead atoms. The van der Waals surface area contributed by atoms with E-state index in [0.717, 1.165) is 16.7 Å². The van der Waals surface area contributed by atoms with Crippen molar-refractivity contribution >= 4 is 29.4 Å². The van der Waals surface area contributed by atoms with E-state index in [0.29, 0.717) is 5.69 Å². The lowest BCUT2D eigenvalue weighted by Crippen LogP contribution is -2.31. The zero-order chi connectivity index (χ0) is 27.0. The number of nitrogens with one attached hydrogen (secondary N) is 4. The first-order valence-electron chi connectivity index (χ1n) is 11.5. The highest BCUT2D eigenvalue weighted by molar-refractivity contribution is 5.79. The van der Waals surface area contributed by atoms with Crippen molar-refractivity contribution in [1.29, 1.82) is 0 Å². The molecule has 2 amide bonds. The standard InChI is InChI=1S/C24H24F3N7O4/c25-24(26,27)14-38-23-33-21-30-11-16-3-1-15(2-4-16)9-28-19(35)12-37-13-20(36)29-10-17-5-7-18(8-6-17)31-22(32-21)34-23/h1-8H,9-14H2,(H,28,35)(H,29,36)(H2,30,31,32,33,34). The van der Waals surface area contributed by atoms with Crippen LogP contribution in [-0.2, 0) is 34.0 Å². The average molecular weight is 531 g/mol. The van der Waals surface area contributed by atoms with Crippen LogP contribution in [0.4, 0.5) is 30.8 Å². The van der Waals surface area contributed by atoms with E-state index in [1.54, 1.807) is 24.3 Å². The van der Waals surface area contributed by atoms with Gasteiger partial charge in [0.15, 0.2) is 6.61 Å². The fourth-order valence-electron chi connectivity index (χ4n) is 3.23. The molecule has 0 fully saturated rings. The summed E-state index contributed by atoms with van der Waals surface area (Å²) < 4.78 is 48.0. The number of hydrogen-bond donors (Lipinski definition) is 4. The molecular weight excluding hydrogens is 507 g/mol. The van der Waals surface area contributed by atoms with Gasteiger partial charge in [-0.2, -0.15) is 28.1 Å². The minimum Gasteiger partial charge on any atom is -0.454 e. The first-order chi connectivity index (χ1) is 18.2. The van der Waals surface area contributed by atoms with E-state index in [1.165, 1.54) is 0 Å². The zero-order valence-electron chi connectivity index (χ0n) is 20.0. The Bertz CT molecular complexity index is 1260. The second-order valence-electron chi connectivity index (χ2n) is 8.21. The Labute approximate surface area is 215 Å². The number of rotatable bonds is 2. The quantitative estimate of drug-likeness (QED) is 0.393. The van der Waals surface area contributed by atoms with Crippen LogP contribution in [0.1, 0.15) is 16.7 Å². The van der Waals surface area contributed by atoms with Crippen molar-refractivity contribution in [2.45, 2.75) is 25.8 Å². The lowest BCUT2D eigenvalue weighted by atomic mass is 10.1. The molecule has 1 aromatic heterocycles. The van der Waals surface area contributed by atoms with Gasteiger partial charge in [0.05, 0.1) is 0 Å². The second kappa shape index (κ2) is 12.2. The fraction of sp³-hybridized carbons (Fsp3) is 0.292. The molecule has 200 valence electrons. The van der Waals surface area contributed by atoms with Crippen LogP contribution in [0.5, 0.6) is 6.01 Å². The summed E-state index contributed by atoms with van der Waals surface area (Å²) in [6.45, 7) is -1.33. The number of carbonyl (C=O) groups is 2. The van der Waals surface area contributed by atoms with E-state index >= 15 is 0 Å². The van der Waals surface area contributed by atoms with Gasteiger partial charge in [-0.3, -0.25) is 9.59 Å². The van der Waals surface area contributed by atoms with Gasteiger partial charge in [0.2, 0.25) is 23.7 Å². The number of alkyl halides is 3. The van der Waals surface area contributed by atoms with E-state index < -0.39 is 18.8 Å². The van der Waals surface area contributed by atoms with Gasteiger partial charge >= 0.3 is 12.2 Å². The van der Waals surface area contributed by atoms with Gasteiger partial charge in [-0.05, 0) is 28.8 Å². The molecule has 7 rings (SSSR count). The molecule has 2 aromatic carbocycles. The molecule has 4 N–H and O–H groups in total. The lowest BCUT2D eigenvalue weighted by Gasteiger charge is -2.12. The summed E-state index contributed by atoms with van der Waals surface area (Å²) in [5.41, 5.74) is 2.98. The molecule has 11 nitrogen and oxygen atoms in total. The molecular formula is C24H24F3N7O4. The number of anilines is 3. The third-order valence-electron chi connectivity index (χ3n) is 5.11. The Kier molecular flexibility index (Phi) is 8.53. The molecule has 14 heteroatoms. The summed E-state index contributed by atoms with van der Waals surface area (Å²) in [7, 11) is 0. The molecule has 4 aliphatic heterocycles. The number of carbonyl (C=O) groups excluding carboxylic acids is 2. The third kappa shape index (κ3) is 8.58. The van der Waals surface area contributed by atoms with E-state index in [-0.39, 0.29) is 56.6 Å². The van der Waals surface area contributed by atoms with Crippen LogP contribution in [0, 0.1) is 0 Å². The number of nitrogens with zero attached hydrogens (tertiary/aromatic N) is 3. The van der Waals surface area contributed by atoms with Crippen molar-refractivity contribution in [2.75, 3.05) is 30.5 Å². The Hall–Kier alpha value is -4.46. The second-order valence-corrected chi connectivity index (χ2v) is 8.21. The normalized spacial score (nSPS) is 15.1. The van der Waals surface area contributed by atoms with Crippen molar-refractivity contribution in [2.24, 2.45) is 0 Å². The Morgan fingerprint density at radius 1 is 0.737 bits per heavy atom. The fourth-order valence-corrected chi connectivity index (χ4v) is 3.23. The predicted octanol–water partition coefficient (Wildman–Crippen LogP) is 2.43. The largest absolute Gasteiger partial charge is 0.454 e. The Balaban J connectivity index is 1.56. The predicted molar refractivity (Wildman–Crippen MR) is 129 cm³/mol. The average Bonchev–Trinajstić information content (AvgIpc) is 2.89. The molecule has 0 spiro atoms. The maximum absolute atomic E-state index is 12.7. The number of amides is 2. The molecule has 3 aromatic rings. The van der Waals surface area contributed by atoms with E-state index in [4.69, 9.17) is 9.47 Å². The minimum atomic E-state index is -4.56. The van der Waals surface area contributed by atoms with Crippen molar-refractivity contribution < 1.29 is 32.2 Å². The summed E-state index contributed by atoms with van der Waals surface area (Å²) in [5.74, 6) is -0.763. The van der Waals surface area contributed by atoms with Crippen molar-refractivity contribution in [1.82, 2.24) is 25.6 Å². The minimum absolute atomic E-state index is 0.00809. The van der Waals surface area contributed by atoms with Crippen LogP contribution in [0.15, 0.2) is 48.5 Å². The number of halogens is 3. The Morgan fingerprint density at radius 2 is 1.24 bits per heavy atom. The zero-order valence-corrected chi connectivity index (χ0v) is 20.0. The van der Waals surface area contributed by atoms with Crippen molar-refractivity contribution in [3.8, 4) is 6.01 Å². The molecule has 0 atom stereocenters. The highest BCUT2D eigenvalue weighted by atomic mass is 19.4. The highest BCUT2D eigenvalue weighted by Gasteiger charge is 2.29. The van der Waals surface area contributed by atoms with Crippen LogP contribution in [-0.4, -0.2) is 52.8 Å². The van der Waals surface area contributed by atoms with Crippen LogP contribution in [0.2, 0.25) is 0 Å². The highest BCUT2D eigenvalue weighted by Crippen LogP contribution is 2.20. The summed E-state index contributed by atoms with van der Waals surface area (Å²) in [6.07, 6.45) is -4.56. The Morgan fingerprint density at radius 3 is 1.79 bits per heavy atom. The van der Waals surface area contributed by atoms with Gasteiger partial charge < -0.3 is 30.7 Å². The molecule has 0 saturated heterocycles. The lowest BCUT2D eigenvalue weighted by molar-refractivity contribution is -0.154. The summed E-state index contributed by atoms with van der Waals surface area (Å²) >= 11 is 0. The summed E-state index contributed by atoms with van der Waals surface area (Å²) in [6, 6.07) is 13.6. The SMILES string of the molecule is O=C1COCC(=O)NCc2ccc(cc2)Nc2nc(nc(OCC(F)(F)F)n2)NCc2ccc(cc2)CN1. The molecule has 0 radical (unpaired) electrons. The maximum Gasteiger partial charge on any atom is 0.422 e. The number of benzene rings is 2. The van der Waals surface area contributed by atoms with Crippen molar-refractivity contribution in [3.63, 3.8) is 0 Å². The van der Waals surface area contributed by atoms with E-state index in [2.05, 4.69) is 36.2 Å². The van der Waals surface area contributed by atoms with Gasteiger partial charge in [-0.15, -0.1) is 0 Å². The van der Waals surface area contributed by atoms with Gasteiger partial charge in [-0.1, -0.05) is 36.4 Å². The first kappa shape index (κ1) is 26.6. The van der Waals surface area contributed by atoms with Gasteiger partial charge in [0, 0.05) is 25.3 Å². The molecule has 0 saturated carbocycles. The van der Waals surface area contributed by atoms with Crippen LogP contribution in [0.25, 0.3) is 0 Å². The number of ether oxygens (including phenoxy) is 2. The summed E-state index contributed by atoms with van der Waals surface area (Å²) in [4.78, 5) is 36.1. The smallest absolute Gasteiger partial charge is 0.422 e. The molecule has 0 unspecified atom stereocenters. The van der Waals surface area contributed by atoms with Gasteiger partial charge in [0.25, 0.3) is 0 Å². The number of hydrogen-bond acceptors (Lipinski definition) is 9. The summed E-state index contributed by atoms with van der Waals surface area (Å²) in [5, 5.41) is 11.3. The van der Waals surface area contributed by atoms with Crippen LogP contribution in [0.3, 0.4) is 0 Å². The van der Waals surface area contributed by atoms with Gasteiger partial charge in [-0.25, -0.2) is 0 Å². The topological polar surface area (TPSA) is 139 Å². The third-order valence-corrected chi connectivity index (χ3v) is 5.11. The van der Waals surface area contributed by atoms with Crippen LogP contribution < -0.4 is 26.0 Å². The van der Waals surface area contributed by atoms with Crippen LogP contribution >= 0.6 is 0 Å². The van der Waals surface area contributed by atoms with Crippen molar-refractivity contribution in [3.05, 3.63) is 65.2 Å². The van der Waals surface area contributed by atoms with E-state index in [9.17, 15) is 22.8 Å². The molecule has 4 aliphatic rings. The monoisotopic (exact) mass is 531 g/mol. The molecule has 0 aliphatic carbocycles. The van der Waals surface area contributed by atoms with E-state index in [1.807, 2.05) is 24.3 Å². The first-order valence-corrected chi connectivity index (χ1v) is 11.5. The maximum atomic E-state index is 12.7. The molecule has 5 heterocycles.